The topological polar surface area (TPSA) is 106 Å². The highest BCUT2D eigenvalue weighted by molar-refractivity contribution is 7.99. The number of nitrogens with zero attached hydrogens (tertiary/aromatic N) is 5. The van der Waals surface area contributed by atoms with Crippen LogP contribution in [-0.4, -0.2) is 44.4 Å². The normalized spacial score (nSPS) is 17.2. The highest BCUT2D eigenvalue weighted by atomic mass is 32.2. The molecule has 2 fully saturated rings. The van der Waals surface area contributed by atoms with Crippen LogP contribution in [0, 0.1) is 23.0 Å². The molecule has 2 aromatic rings. The molecule has 1 aliphatic carbocycles. The van der Waals surface area contributed by atoms with E-state index >= 15 is 0 Å². The summed E-state index contributed by atoms with van der Waals surface area (Å²) < 4.78 is 2.20. The zero-order valence-corrected chi connectivity index (χ0v) is 18.0. The predicted octanol–water partition coefficient (Wildman–Crippen LogP) is 3.80. The van der Waals surface area contributed by atoms with E-state index in [-0.39, 0.29) is 17.3 Å². The van der Waals surface area contributed by atoms with Crippen molar-refractivity contribution in [3.8, 4) is 0 Å². The van der Waals surface area contributed by atoms with Gasteiger partial charge in [-0.05, 0) is 50.2 Å². The molecule has 0 radical (unpaired) electrons. The number of hydrogen-bond acceptors (Lipinski definition) is 7. The number of amides is 1. The minimum atomic E-state index is -0.445. The number of thioether (sulfide) groups is 1. The molecule has 2 heterocycles. The average Bonchev–Trinajstić information content (AvgIpc) is 3.47. The number of rotatable bonds is 7. The summed E-state index contributed by atoms with van der Waals surface area (Å²) in [6.45, 7) is 6.02. The summed E-state index contributed by atoms with van der Waals surface area (Å²) in [4.78, 5) is 25.2. The van der Waals surface area contributed by atoms with E-state index in [4.69, 9.17) is 0 Å². The molecule has 2 aliphatic rings. The van der Waals surface area contributed by atoms with Crippen molar-refractivity contribution in [1.82, 2.24) is 14.8 Å². The fourth-order valence-corrected chi connectivity index (χ4v) is 4.46. The maximum absolute atomic E-state index is 12.5. The Hall–Kier alpha value is -2.62. The zero-order valence-electron chi connectivity index (χ0n) is 17.2. The number of nitro groups is 1. The van der Waals surface area contributed by atoms with Crippen LogP contribution in [0.15, 0.2) is 23.4 Å². The molecule has 4 rings (SSSR count). The lowest BCUT2D eigenvalue weighted by atomic mass is 10.00. The third kappa shape index (κ3) is 4.58. The quantitative estimate of drug-likeness (QED) is 0.404. The van der Waals surface area contributed by atoms with Crippen molar-refractivity contribution in [1.29, 1.82) is 0 Å². The maximum Gasteiger partial charge on any atom is 0.269 e. The van der Waals surface area contributed by atoms with E-state index in [2.05, 4.69) is 31.9 Å². The van der Waals surface area contributed by atoms with E-state index in [1.165, 1.54) is 23.9 Å². The van der Waals surface area contributed by atoms with E-state index in [0.717, 1.165) is 55.8 Å². The number of nitrogens with one attached hydrogen (secondary N) is 1. The van der Waals surface area contributed by atoms with Crippen molar-refractivity contribution >= 4 is 35.0 Å². The number of non-ortho nitro benzene ring substituents is 1. The molecular weight excluding hydrogens is 404 g/mol. The Morgan fingerprint density at radius 3 is 2.63 bits per heavy atom. The Morgan fingerprint density at radius 1 is 1.27 bits per heavy atom. The average molecular weight is 431 g/mol. The van der Waals surface area contributed by atoms with Crippen molar-refractivity contribution < 1.29 is 9.72 Å². The third-order valence-electron chi connectivity index (χ3n) is 5.65. The first-order valence-corrected chi connectivity index (χ1v) is 11.3. The minimum Gasteiger partial charge on any atom is -0.341 e. The molecule has 0 unspecified atom stereocenters. The Balaban J connectivity index is 1.40. The molecule has 1 aromatic heterocycles. The van der Waals surface area contributed by atoms with Gasteiger partial charge in [0.2, 0.25) is 11.9 Å². The first-order valence-electron chi connectivity index (χ1n) is 10.3. The van der Waals surface area contributed by atoms with Gasteiger partial charge < -0.3 is 10.2 Å². The van der Waals surface area contributed by atoms with Crippen molar-refractivity contribution in [3.63, 3.8) is 0 Å². The first kappa shape index (κ1) is 20.6. The molecule has 160 valence electrons. The maximum atomic E-state index is 12.5. The molecule has 0 spiro atoms. The van der Waals surface area contributed by atoms with Gasteiger partial charge in [0.25, 0.3) is 5.69 Å². The van der Waals surface area contributed by atoms with Gasteiger partial charge in [0.05, 0.1) is 10.7 Å². The Labute approximate surface area is 179 Å². The Morgan fingerprint density at radius 2 is 2.00 bits per heavy atom. The molecule has 1 N–H and O–H groups in total. The van der Waals surface area contributed by atoms with Gasteiger partial charge in [0.15, 0.2) is 5.16 Å². The number of anilines is 2. The molecule has 1 saturated carbocycles. The van der Waals surface area contributed by atoms with Gasteiger partial charge in [-0.1, -0.05) is 18.7 Å². The van der Waals surface area contributed by atoms with Crippen molar-refractivity contribution in [3.05, 3.63) is 33.9 Å². The standard InChI is InChI=1S/C20H26N6O3S/c1-13-7-9-24(10-8-13)19-22-23-20(25(19)15-3-4-15)30-12-18(27)21-17-6-5-16(26(28)29)11-14(17)2/h5-6,11,13,15H,3-4,7-10,12H2,1-2H3,(H,21,27). The van der Waals surface area contributed by atoms with Crippen LogP contribution in [0.5, 0.6) is 0 Å². The van der Waals surface area contributed by atoms with E-state index in [9.17, 15) is 14.9 Å². The molecule has 9 nitrogen and oxygen atoms in total. The van der Waals surface area contributed by atoms with Crippen molar-refractivity contribution in [2.75, 3.05) is 29.1 Å². The van der Waals surface area contributed by atoms with E-state index < -0.39 is 4.92 Å². The molecule has 30 heavy (non-hydrogen) atoms. The number of benzene rings is 1. The van der Waals surface area contributed by atoms with E-state index in [0.29, 0.717) is 17.3 Å². The molecule has 1 aromatic carbocycles. The van der Waals surface area contributed by atoms with Crippen LogP contribution in [0.3, 0.4) is 0 Å². The molecule has 1 aliphatic heterocycles. The smallest absolute Gasteiger partial charge is 0.269 e. The first-order chi connectivity index (χ1) is 14.4. The van der Waals surface area contributed by atoms with Gasteiger partial charge >= 0.3 is 0 Å². The molecule has 1 amide bonds. The number of nitro benzene ring substituents is 1. The fourth-order valence-electron chi connectivity index (χ4n) is 3.66. The number of piperidine rings is 1. The summed E-state index contributed by atoms with van der Waals surface area (Å²) in [5.41, 5.74) is 1.25. The van der Waals surface area contributed by atoms with Gasteiger partial charge in [-0.2, -0.15) is 0 Å². The van der Waals surface area contributed by atoms with Gasteiger partial charge in [-0.25, -0.2) is 0 Å². The van der Waals surface area contributed by atoms with Crippen LogP contribution in [0.25, 0.3) is 0 Å². The SMILES string of the molecule is Cc1cc([N+](=O)[O-])ccc1NC(=O)CSc1nnc(N2CCC(C)CC2)n1C1CC1. The van der Waals surface area contributed by atoms with Crippen LogP contribution in [0.2, 0.25) is 0 Å². The van der Waals surface area contributed by atoms with Crippen LogP contribution < -0.4 is 10.2 Å². The third-order valence-corrected chi connectivity index (χ3v) is 6.60. The van der Waals surface area contributed by atoms with E-state index in [1.54, 1.807) is 13.0 Å². The number of hydrogen-bond donors (Lipinski definition) is 1. The fraction of sp³-hybridized carbons (Fsp3) is 0.550. The van der Waals surface area contributed by atoms with Crippen LogP contribution >= 0.6 is 11.8 Å². The summed E-state index contributed by atoms with van der Waals surface area (Å²) in [7, 11) is 0. The number of aromatic nitrogens is 3. The van der Waals surface area contributed by atoms with Crippen LogP contribution in [-0.2, 0) is 4.79 Å². The van der Waals surface area contributed by atoms with Gasteiger partial charge in [-0.15, -0.1) is 10.2 Å². The van der Waals surface area contributed by atoms with Crippen LogP contribution in [0.4, 0.5) is 17.3 Å². The molecule has 0 atom stereocenters. The predicted molar refractivity (Wildman–Crippen MR) is 116 cm³/mol. The van der Waals surface area contributed by atoms with Crippen LogP contribution in [0.1, 0.15) is 44.2 Å². The lowest BCUT2D eigenvalue weighted by molar-refractivity contribution is -0.384. The second-order valence-corrected chi connectivity index (χ2v) is 9.09. The highest BCUT2D eigenvalue weighted by Gasteiger charge is 2.32. The second kappa shape index (κ2) is 8.63. The Kier molecular flexibility index (Phi) is 5.94. The monoisotopic (exact) mass is 430 g/mol. The molecule has 10 heteroatoms. The summed E-state index contributed by atoms with van der Waals surface area (Å²) >= 11 is 1.38. The van der Waals surface area contributed by atoms with Crippen molar-refractivity contribution in [2.45, 2.75) is 50.7 Å². The number of aryl methyl sites for hydroxylation is 1. The lowest BCUT2D eigenvalue weighted by Gasteiger charge is -2.31. The highest BCUT2D eigenvalue weighted by Crippen LogP contribution is 2.41. The number of carbonyl (C=O) groups is 1. The molecule has 0 bridgehead atoms. The molecular formula is C20H26N6O3S. The van der Waals surface area contributed by atoms with Gasteiger partial charge in [-0.3, -0.25) is 19.5 Å². The van der Waals surface area contributed by atoms with Gasteiger partial charge in [0, 0.05) is 37.0 Å². The summed E-state index contributed by atoms with van der Waals surface area (Å²) in [6.07, 6.45) is 4.57. The number of carbonyl (C=O) groups excluding carboxylic acids is 1. The zero-order chi connectivity index (χ0) is 21.3. The summed E-state index contributed by atoms with van der Waals surface area (Å²) in [6, 6.07) is 4.85. The minimum absolute atomic E-state index is 0.0112. The van der Waals surface area contributed by atoms with Crippen molar-refractivity contribution in [2.24, 2.45) is 5.92 Å². The second-order valence-electron chi connectivity index (χ2n) is 8.15. The largest absolute Gasteiger partial charge is 0.341 e. The lowest BCUT2D eigenvalue weighted by Crippen LogP contribution is -2.34. The molecule has 1 saturated heterocycles. The summed E-state index contributed by atoms with van der Waals surface area (Å²) in [5.74, 6) is 1.71. The Bertz CT molecular complexity index is 950. The van der Waals surface area contributed by atoms with Gasteiger partial charge in [0.1, 0.15) is 0 Å². The van der Waals surface area contributed by atoms with E-state index in [1.807, 2.05) is 0 Å². The summed E-state index contributed by atoms with van der Waals surface area (Å²) in [5, 5.41) is 23.3.